The highest BCUT2D eigenvalue weighted by Crippen LogP contribution is 2.34. The summed E-state index contributed by atoms with van der Waals surface area (Å²) in [5, 5.41) is 12.8. The van der Waals surface area contributed by atoms with E-state index in [1.165, 1.54) is 0 Å². The smallest absolute Gasteiger partial charge is 0.0685 e. The van der Waals surface area contributed by atoms with Gasteiger partial charge in [0, 0.05) is 21.3 Å². The number of thiophene rings is 1. The van der Waals surface area contributed by atoms with Crippen molar-refractivity contribution >= 4 is 44.6 Å². The summed E-state index contributed by atoms with van der Waals surface area (Å²) in [7, 11) is 0. The Kier molecular flexibility index (Phi) is 2.98. The van der Waals surface area contributed by atoms with Crippen molar-refractivity contribution in [2.24, 2.45) is 0 Å². The van der Waals surface area contributed by atoms with Gasteiger partial charge in [-0.1, -0.05) is 23.7 Å². The summed E-state index contributed by atoms with van der Waals surface area (Å²) in [5.74, 6) is 0.407. The second-order valence-electron chi connectivity index (χ2n) is 2.96. The molecule has 0 fully saturated rings. The van der Waals surface area contributed by atoms with Crippen molar-refractivity contribution < 1.29 is 5.11 Å². The van der Waals surface area contributed by atoms with Crippen LogP contribution in [-0.2, 0) is 12.5 Å². The highest BCUT2D eigenvalue weighted by molar-refractivity contribution is 7.18. The Morgan fingerprint density at radius 2 is 2.14 bits per heavy atom. The fourth-order valence-electron chi connectivity index (χ4n) is 1.46. The average Bonchev–Trinajstić information content (AvgIpc) is 2.59. The Morgan fingerprint density at radius 1 is 1.36 bits per heavy atom. The first-order chi connectivity index (χ1) is 6.77. The van der Waals surface area contributed by atoms with Gasteiger partial charge in [0.15, 0.2) is 0 Å². The summed E-state index contributed by atoms with van der Waals surface area (Å²) in [5.41, 5.74) is 1.87. The molecule has 0 atom stereocenters. The molecule has 14 heavy (non-hydrogen) atoms. The highest BCUT2D eigenvalue weighted by Gasteiger charge is 2.09. The molecule has 0 aliphatic heterocycles. The van der Waals surface area contributed by atoms with E-state index in [1.54, 1.807) is 11.3 Å². The molecule has 0 saturated carbocycles. The predicted octanol–water partition coefficient (Wildman–Crippen LogP) is 3.79. The van der Waals surface area contributed by atoms with Gasteiger partial charge in [0.1, 0.15) is 0 Å². The standard InChI is InChI=1S/C10H8Cl2OS/c11-3-8-6(4-13)1-2-7-9(12)5-14-10(7)8/h1-2,5,13H,3-4H2. The molecule has 0 radical (unpaired) electrons. The summed E-state index contributed by atoms with van der Waals surface area (Å²) in [6.07, 6.45) is 0. The van der Waals surface area contributed by atoms with Crippen molar-refractivity contribution in [3.05, 3.63) is 33.7 Å². The zero-order valence-electron chi connectivity index (χ0n) is 7.26. The maximum absolute atomic E-state index is 9.13. The quantitative estimate of drug-likeness (QED) is 0.800. The van der Waals surface area contributed by atoms with Gasteiger partial charge in [-0.3, -0.25) is 0 Å². The molecule has 0 spiro atoms. The van der Waals surface area contributed by atoms with Crippen LogP contribution in [-0.4, -0.2) is 5.11 Å². The lowest BCUT2D eigenvalue weighted by Gasteiger charge is -2.05. The van der Waals surface area contributed by atoms with Crippen LogP contribution in [0.15, 0.2) is 17.5 Å². The number of hydrogen-bond donors (Lipinski definition) is 1. The van der Waals surface area contributed by atoms with Crippen LogP contribution < -0.4 is 0 Å². The lowest BCUT2D eigenvalue weighted by Crippen LogP contribution is -1.90. The lowest BCUT2D eigenvalue weighted by molar-refractivity contribution is 0.281. The zero-order valence-corrected chi connectivity index (χ0v) is 9.59. The summed E-state index contributed by atoms with van der Waals surface area (Å²) in [4.78, 5) is 0. The minimum absolute atomic E-state index is 0.0213. The molecule has 0 aliphatic rings. The Bertz CT molecular complexity index is 464. The van der Waals surface area contributed by atoms with Gasteiger partial charge in [0.05, 0.1) is 11.6 Å². The molecule has 0 amide bonds. The third-order valence-corrected chi connectivity index (χ3v) is 3.96. The lowest BCUT2D eigenvalue weighted by atomic mass is 10.1. The number of alkyl halides is 1. The van der Waals surface area contributed by atoms with Gasteiger partial charge < -0.3 is 5.11 Å². The summed E-state index contributed by atoms with van der Waals surface area (Å²) >= 11 is 13.4. The number of rotatable bonds is 2. The minimum Gasteiger partial charge on any atom is -0.392 e. The van der Waals surface area contributed by atoms with Crippen LogP contribution in [0, 0.1) is 0 Å². The van der Waals surface area contributed by atoms with Crippen molar-refractivity contribution in [1.29, 1.82) is 0 Å². The van der Waals surface area contributed by atoms with E-state index in [2.05, 4.69) is 0 Å². The van der Waals surface area contributed by atoms with Crippen molar-refractivity contribution in [1.82, 2.24) is 0 Å². The number of aliphatic hydroxyl groups excluding tert-OH is 1. The average molecular weight is 247 g/mol. The van der Waals surface area contributed by atoms with E-state index < -0.39 is 0 Å². The molecule has 1 aromatic carbocycles. The minimum atomic E-state index is 0.0213. The third-order valence-electron chi connectivity index (χ3n) is 2.20. The van der Waals surface area contributed by atoms with E-state index in [0.717, 1.165) is 26.2 Å². The monoisotopic (exact) mass is 246 g/mol. The molecule has 1 aromatic heterocycles. The van der Waals surface area contributed by atoms with Gasteiger partial charge in [0.2, 0.25) is 0 Å². The zero-order chi connectivity index (χ0) is 10.1. The van der Waals surface area contributed by atoms with E-state index in [1.807, 2.05) is 17.5 Å². The largest absolute Gasteiger partial charge is 0.392 e. The second kappa shape index (κ2) is 4.07. The molecule has 0 unspecified atom stereocenters. The van der Waals surface area contributed by atoms with Gasteiger partial charge in [-0.05, 0) is 11.1 Å². The highest BCUT2D eigenvalue weighted by atomic mass is 35.5. The van der Waals surface area contributed by atoms with Crippen LogP contribution in [0.4, 0.5) is 0 Å². The third kappa shape index (κ3) is 1.52. The van der Waals surface area contributed by atoms with E-state index in [-0.39, 0.29) is 6.61 Å². The number of benzene rings is 1. The molecular weight excluding hydrogens is 239 g/mol. The molecule has 4 heteroatoms. The summed E-state index contributed by atoms with van der Waals surface area (Å²) in [6.45, 7) is 0.0213. The SMILES string of the molecule is OCc1ccc2c(Cl)csc2c1CCl. The van der Waals surface area contributed by atoms with Crippen molar-refractivity contribution in [2.75, 3.05) is 0 Å². The number of hydrogen-bond acceptors (Lipinski definition) is 2. The molecule has 0 bridgehead atoms. The molecule has 74 valence electrons. The van der Waals surface area contributed by atoms with Gasteiger partial charge in [0.25, 0.3) is 0 Å². The molecular formula is C10H8Cl2OS. The van der Waals surface area contributed by atoms with Crippen LogP contribution in [0.1, 0.15) is 11.1 Å². The summed E-state index contributed by atoms with van der Waals surface area (Å²) < 4.78 is 1.08. The van der Waals surface area contributed by atoms with Gasteiger partial charge in [-0.2, -0.15) is 0 Å². The van der Waals surface area contributed by atoms with Crippen molar-refractivity contribution in [2.45, 2.75) is 12.5 Å². The Hall–Kier alpha value is -0.280. The van der Waals surface area contributed by atoms with Crippen LogP contribution in [0.5, 0.6) is 0 Å². The van der Waals surface area contributed by atoms with Gasteiger partial charge in [-0.25, -0.2) is 0 Å². The molecule has 0 aliphatic carbocycles. The molecule has 2 rings (SSSR count). The number of fused-ring (bicyclic) bond motifs is 1. The topological polar surface area (TPSA) is 20.2 Å². The maximum atomic E-state index is 9.13. The Balaban J connectivity index is 2.77. The van der Waals surface area contributed by atoms with E-state index in [4.69, 9.17) is 28.3 Å². The molecule has 1 heterocycles. The van der Waals surface area contributed by atoms with Crippen molar-refractivity contribution in [3.8, 4) is 0 Å². The van der Waals surface area contributed by atoms with Crippen LogP contribution >= 0.6 is 34.5 Å². The first kappa shape index (κ1) is 10.2. The first-order valence-electron chi connectivity index (χ1n) is 4.12. The van der Waals surface area contributed by atoms with E-state index in [9.17, 15) is 0 Å². The van der Waals surface area contributed by atoms with Gasteiger partial charge in [-0.15, -0.1) is 22.9 Å². The molecule has 1 nitrogen and oxygen atoms in total. The Labute approximate surface area is 95.9 Å². The Morgan fingerprint density at radius 3 is 2.79 bits per heavy atom. The molecule has 2 aromatic rings. The molecule has 1 N–H and O–H groups in total. The van der Waals surface area contributed by atoms with Crippen LogP contribution in [0.3, 0.4) is 0 Å². The fraction of sp³-hybridized carbons (Fsp3) is 0.200. The van der Waals surface area contributed by atoms with E-state index in [0.29, 0.717) is 5.88 Å². The number of aliphatic hydroxyl groups is 1. The fourth-order valence-corrected chi connectivity index (χ4v) is 3.19. The van der Waals surface area contributed by atoms with Gasteiger partial charge >= 0.3 is 0 Å². The second-order valence-corrected chi connectivity index (χ2v) is 4.51. The first-order valence-corrected chi connectivity index (χ1v) is 5.91. The predicted molar refractivity (Wildman–Crippen MR) is 62.3 cm³/mol. The normalized spacial score (nSPS) is 11.1. The molecule has 0 saturated heterocycles. The summed E-state index contributed by atoms with van der Waals surface area (Å²) in [6, 6.07) is 3.80. The van der Waals surface area contributed by atoms with E-state index >= 15 is 0 Å². The van der Waals surface area contributed by atoms with Crippen molar-refractivity contribution in [3.63, 3.8) is 0 Å². The maximum Gasteiger partial charge on any atom is 0.0685 e. The van der Waals surface area contributed by atoms with Crippen LogP contribution in [0.2, 0.25) is 5.02 Å². The number of halogens is 2. The van der Waals surface area contributed by atoms with Crippen LogP contribution in [0.25, 0.3) is 10.1 Å².